The Labute approximate surface area is 266 Å². The third-order valence-electron chi connectivity index (χ3n) is 7.12. The summed E-state index contributed by atoms with van der Waals surface area (Å²) in [6, 6.07) is 3.19. The predicted molar refractivity (Wildman–Crippen MR) is 166 cm³/mol. The average Bonchev–Trinajstić information content (AvgIpc) is 2.94. The summed E-state index contributed by atoms with van der Waals surface area (Å²) >= 11 is 2.02. The minimum absolute atomic E-state index is 0.0625. The van der Waals surface area contributed by atoms with Crippen LogP contribution in [-0.2, 0) is 55.0 Å². The lowest BCUT2D eigenvalue weighted by atomic mass is 10.1. The number of aromatic nitrogens is 1. The largest absolute Gasteiger partial charge is 0.350 e. The Balaban J connectivity index is 0.000000329. The maximum Gasteiger partial charge on any atom is 0.264 e. The second-order valence-corrected chi connectivity index (χ2v) is 16.5. The van der Waals surface area contributed by atoms with E-state index in [1.54, 1.807) is 19.2 Å². The van der Waals surface area contributed by atoms with Crippen LogP contribution in [0.1, 0.15) is 65.2 Å². The lowest BCUT2D eigenvalue weighted by molar-refractivity contribution is -0.201. The number of rotatable bonds is 12. The highest BCUT2D eigenvalue weighted by molar-refractivity contribution is 14.1. The molecule has 0 saturated carbocycles. The zero-order chi connectivity index (χ0) is 32.3. The lowest BCUT2D eigenvalue weighted by Crippen LogP contribution is -2.51. The SMILES string of the molecule is CC(CCn1ccc(I)cc1=O)(C(=O)NOC1CCCCO1)S(C)(=O)=O.CCC(C(=O)NOC1CCCCO1)S(C)(=O)=O. The molecule has 0 aromatic carbocycles. The standard InChI is InChI=1S/C16H23IN2O6S.C10H19NO5S/c1-16(26(2,22)23,7-9-19-8-6-12(17)11-13(19)20)15(21)18-25-14-5-3-4-10-24-14;1-3-8(17(2,13)14)10(12)11-16-9-6-4-5-7-15-9/h6,8,11,14H,3-5,7,9-10H2,1-2H3,(H,18,21);8-9H,3-7H2,1-2H3,(H,11,12). The summed E-state index contributed by atoms with van der Waals surface area (Å²) in [7, 11) is -7.16. The van der Waals surface area contributed by atoms with Crippen LogP contribution in [0.15, 0.2) is 23.1 Å². The molecule has 0 radical (unpaired) electrons. The fourth-order valence-corrected chi connectivity index (χ4v) is 6.49. The van der Waals surface area contributed by atoms with E-state index in [0.717, 1.165) is 41.8 Å². The van der Waals surface area contributed by atoms with E-state index in [2.05, 4.69) is 11.0 Å². The summed E-state index contributed by atoms with van der Waals surface area (Å²) in [6.45, 7) is 4.21. The molecule has 3 heterocycles. The van der Waals surface area contributed by atoms with Crippen molar-refractivity contribution >= 4 is 54.1 Å². The molecule has 0 bridgehead atoms. The summed E-state index contributed by atoms with van der Waals surface area (Å²) in [4.78, 5) is 46.4. The van der Waals surface area contributed by atoms with Crippen molar-refractivity contribution in [3.05, 3.63) is 32.3 Å². The number of pyridine rings is 1. The molecule has 1 aromatic rings. The molecule has 14 nitrogen and oxygen atoms in total. The summed E-state index contributed by atoms with van der Waals surface area (Å²) in [5.41, 5.74) is 4.14. The van der Waals surface area contributed by atoms with Gasteiger partial charge >= 0.3 is 0 Å². The maximum atomic E-state index is 12.6. The van der Waals surface area contributed by atoms with Crippen LogP contribution >= 0.6 is 22.6 Å². The van der Waals surface area contributed by atoms with Crippen molar-refractivity contribution in [2.45, 2.75) is 94.3 Å². The van der Waals surface area contributed by atoms with E-state index in [4.69, 9.17) is 19.1 Å². The van der Waals surface area contributed by atoms with Gasteiger partial charge in [0, 0.05) is 60.9 Å². The zero-order valence-electron chi connectivity index (χ0n) is 24.9. The van der Waals surface area contributed by atoms with Crippen molar-refractivity contribution < 1.29 is 45.6 Å². The monoisotopic (exact) mass is 763 g/mol. The van der Waals surface area contributed by atoms with Gasteiger partial charge in [-0.05, 0) is 74.1 Å². The van der Waals surface area contributed by atoms with E-state index < -0.39 is 54.1 Å². The second kappa shape index (κ2) is 17.2. The molecule has 2 amide bonds. The van der Waals surface area contributed by atoms with Crippen molar-refractivity contribution in [2.75, 3.05) is 25.7 Å². The van der Waals surface area contributed by atoms with Gasteiger partial charge < -0.3 is 14.0 Å². The maximum absolute atomic E-state index is 12.6. The molecule has 1 aromatic heterocycles. The molecule has 0 aliphatic carbocycles. The van der Waals surface area contributed by atoms with Crippen LogP contribution in [0.5, 0.6) is 0 Å². The van der Waals surface area contributed by atoms with Gasteiger partial charge in [-0.2, -0.15) is 0 Å². The third kappa shape index (κ3) is 12.0. The van der Waals surface area contributed by atoms with Crippen LogP contribution in [-0.4, -0.2) is 81.5 Å². The van der Waals surface area contributed by atoms with Crippen molar-refractivity contribution in [2.24, 2.45) is 0 Å². The fraction of sp³-hybridized carbons (Fsp3) is 0.731. The number of carbonyl (C=O) groups excluding carboxylic acids is 2. The Morgan fingerprint density at radius 2 is 1.60 bits per heavy atom. The van der Waals surface area contributed by atoms with Gasteiger partial charge in [0.15, 0.2) is 37.0 Å². The molecular formula is C26H42IN3O11S2. The van der Waals surface area contributed by atoms with Gasteiger partial charge in [0.05, 0.1) is 0 Å². The van der Waals surface area contributed by atoms with Crippen LogP contribution in [0.3, 0.4) is 0 Å². The van der Waals surface area contributed by atoms with Gasteiger partial charge in [-0.3, -0.25) is 14.4 Å². The first-order chi connectivity index (χ1) is 20.1. The summed E-state index contributed by atoms with van der Waals surface area (Å²) in [5, 5.41) is -1.06. The van der Waals surface area contributed by atoms with Crippen LogP contribution in [0.4, 0.5) is 0 Å². The number of halogens is 1. The second-order valence-electron chi connectivity index (χ2n) is 10.6. The molecule has 246 valence electrons. The normalized spacial score (nSPS) is 21.4. The number of hydrogen-bond donors (Lipinski definition) is 2. The van der Waals surface area contributed by atoms with Crippen molar-refractivity contribution in [3.63, 3.8) is 0 Å². The van der Waals surface area contributed by atoms with Crippen LogP contribution in [0, 0.1) is 3.57 Å². The van der Waals surface area contributed by atoms with E-state index in [1.807, 2.05) is 22.6 Å². The highest BCUT2D eigenvalue weighted by Crippen LogP contribution is 2.23. The quantitative estimate of drug-likeness (QED) is 0.233. The number of nitrogens with zero attached hydrogens (tertiary/aromatic N) is 1. The number of nitrogens with one attached hydrogen (secondary N) is 2. The van der Waals surface area contributed by atoms with Crippen molar-refractivity contribution in [3.8, 4) is 0 Å². The number of ether oxygens (including phenoxy) is 2. The summed E-state index contributed by atoms with van der Waals surface area (Å²) in [6.07, 6.45) is 7.88. The number of hydrogen-bond acceptors (Lipinski definition) is 11. The number of amides is 2. The first kappa shape index (κ1) is 37.5. The predicted octanol–water partition coefficient (Wildman–Crippen LogP) is 1.60. The molecule has 2 aliphatic heterocycles. The van der Waals surface area contributed by atoms with Crippen LogP contribution in [0.25, 0.3) is 0 Å². The average molecular weight is 764 g/mol. The zero-order valence-corrected chi connectivity index (χ0v) is 28.7. The minimum atomic E-state index is -3.76. The number of hydroxylamine groups is 2. The number of aryl methyl sites for hydroxylation is 1. The topological polar surface area (TPSA) is 185 Å². The van der Waals surface area contributed by atoms with Crippen molar-refractivity contribution in [1.82, 2.24) is 15.5 Å². The molecule has 2 N–H and O–H groups in total. The fourth-order valence-electron chi connectivity index (χ4n) is 4.18. The summed E-state index contributed by atoms with van der Waals surface area (Å²) < 4.78 is 58.2. The lowest BCUT2D eigenvalue weighted by Gasteiger charge is -2.28. The molecule has 2 saturated heterocycles. The Kier molecular flexibility index (Phi) is 15.0. The summed E-state index contributed by atoms with van der Waals surface area (Å²) in [5.74, 6) is -1.41. The molecule has 2 aliphatic rings. The van der Waals surface area contributed by atoms with Gasteiger partial charge in [-0.15, -0.1) is 0 Å². The Morgan fingerprint density at radius 3 is 2.05 bits per heavy atom. The number of carbonyl (C=O) groups is 2. The number of sulfone groups is 2. The highest BCUT2D eigenvalue weighted by atomic mass is 127. The molecule has 43 heavy (non-hydrogen) atoms. The van der Waals surface area contributed by atoms with Gasteiger partial charge in [-0.1, -0.05) is 6.92 Å². The van der Waals surface area contributed by atoms with Crippen LogP contribution in [0.2, 0.25) is 0 Å². The minimum Gasteiger partial charge on any atom is -0.350 e. The van der Waals surface area contributed by atoms with E-state index in [1.165, 1.54) is 17.6 Å². The van der Waals surface area contributed by atoms with E-state index in [9.17, 15) is 31.2 Å². The van der Waals surface area contributed by atoms with Crippen molar-refractivity contribution in [1.29, 1.82) is 0 Å². The van der Waals surface area contributed by atoms with Gasteiger partial charge in [0.1, 0.15) is 5.25 Å². The molecule has 2 fully saturated rings. The Hall–Kier alpha value is -1.64. The van der Waals surface area contributed by atoms with E-state index in [0.29, 0.717) is 26.1 Å². The van der Waals surface area contributed by atoms with Gasteiger partial charge in [0.2, 0.25) is 0 Å². The van der Waals surface area contributed by atoms with Gasteiger partial charge in [-0.25, -0.2) is 37.5 Å². The first-order valence-electron chi connectivity index (χ1n) is 14.0. The van der Waals surface area contributed by atoms with E-state index >= 15 is 0 Å². The highest BCUT2D eigenvalue weighted by Gasteiger charge is 2.44. The Bertz CT molecular complexity index is 1340. The first-order valence-corrected chi connectivity index (χ1v) is 18.9. The van der Waals surface area contributed by atoms with E-state index in [-0.39, 0.29) is 24.9 Å². The van der Waals surface area contributed by atoms with Gasteiger partial charge in [0.25, 0.3) is 17.4 Å². The van der Waals surface area contributed by atoms with Crippen LogP contribution < -0.4 is 16.5 Å². The molecule has 4 unspecified atom stereocenters. The Morgan fingerprint density at radius 1 is 1.05 bits per heavy atom. The molecule has 3 rings (SSSR count). The molecule has 0 spiro atoms. The molecule has 4 atom stereocenters. The molecule has 17 heteroatoms. The third-order valence-corrected chi connectivity index (χ3v) is 11.4. The molecular weight excluding hydrogens is 721 g/mol. The smallest absolute Gasteiger partial charge is 0.264 e.